The molecule has 1 saturated heterocycles. The average Bonchev–Trinajstić information content (AvgIpc) is 2.79. The highest BCUT2D eigenvalue weighted by Crippen LogP contribution is 2.39. The van der Waals surface area contributed by atoms with E-state index in [2.05, 4.69) is 10.6 Å². The SMILES string of the molecule is C[C@@]1(c2ccc(Cl)c(F)c2)NC(=O)N[C@H]1c1ccc(Cl)cc1. The van der Waals surface area contributed by atoms with E-state index in [4.69, 9.17) is 23.2 Å². The number of halogens is 3. The van der Waals surface area contributed by atoms with Crippen LogP contribution in [-0.2, 0) is 5.54 Å². The van der Waals surface area contributed by atoms with Crippen LogP contribution in [0.5, 0.6) is 0 Å². The van der Waals surface area contributed by atoms with Crippen molar-refractivity contribution in [2.45, 2.75) is 18.5 Å². The van der Waals surface area contributed by atoms with Crippen LogP contribution in [0.1, 0.15) is 24.1 Å². The van der Waals surface area contributed by atoms with Gasteiger partial charge in [0.05, 0.1) is 16.6 Å². The normalized spacial score (nSPS) is 24.0. The monoisotopic (exact) mass is 338 g/mol. The number of hydrogen-bond acceptors (Lipinski definition) is 1. The second kappa shape index (κ2) is 5.45. The van der Waals surface area contributed by atoms with Gasteiger partial charge in [0, 0.05) is 5.02 Å². The van der Waals surface area contributed by atoms with Crippen molar-refractivity contribution < 1.29 is 9.18 Å². The number of amides is 2. The van der Waals surface area contributed by atoms with E-state index in [1.807, 2.05) is 19.1 Å². The lowest BCUT2D eigenvalue weighted by Crippen LogP contribution is -2.39. The molecule has 0 aliphatic carbocycles. The molecule has 2 atom stereocenters. The zero-order valence-corrected chi connectivity index (χ0v) is 13.2. The maximum Gasteiger partial charge on any atom is 0.316 e. The Morgan fingerprint density at radius 2 is 1.82 bits per heavy atom. The van der Waals surface area contributed by atoms with Crippen molar-refractivity contribution in [2.24, 2.45) is 0 Å². The Labute approximate surface area is 137 Å². The maximum atomic E-state index is 13.8. The van der Waals surface area contributed by atoms with Gasteiger partial charge in [0.15, 0.2) is 0 Å². The summed E-state index contributed by atoms with van der Waals surface area (Å²) in [5, 5.41) is 6.39. The Hall–Kier alpha value is -1.78. The van der Waals surface area contributed by atoms with Gasteiger partial charge < -0.3 is 10.6 Å². The van der Waals surface area contributed by atoms with Gasteiger partial charge in [-0.2, -0.15) is 0 Å². The van der Waals surface area contributed by atoms with Crippen molar-refractivity contribution in [3.63, 3.8) is 0 Å². The highest BCUT2D eigenvalue weighted by Gasteiger charge is 2.45. The number of carbonyl (C=O) groups excluding carboxylic acids is 1. The Balaban J connectivity index is 2.06. The summed E-state index contributed by atoms with van der Waals surface area (Å²) >= 11 is 11.6. The van der Waals surface area contributed by atoms with Gasteiger partial charge in [-0.05, 0) is 42.3 Å². The zero-order chi connectivity index (χ0) is 15.9. The third kappa shape index (κ3) is 2.53. The lowest BCUT2D eigenvalue weighted by molar-refractivity contribution is 0.245. The van der Waals surface area contributed by atoms with Crippen LogP contribution in [0.4, 0.5) is 9.18 Å². The molecule has 2 aromatic carbocycles. The highest BCUT2D eigenvalue weighted by atomic mass is 35.5. The third-order valence-electron chi connectivity index (χ3n) is 3.95. The van der Waals surface area contributed by atoms with Crippen molar-refractivity contribution in [1.29, 1.82) is 0 Å². The first-order chi connectivity index (χ1) is 10.4. The number of benzene rings is 2. The van der Waals surface area contributed by atoms with Crippen molar-refractivity contribution in [2.75, 3.05) is 0 Å². The Morgan fingerprint density at radius 3 is 2.45 bits per heavy atom. The molecule has 1 aliphatic rings. The fourth-order valence-electron chi connectivity index (χ4n) is 2.75. The summed E-state index contributed by atoms with van der Waals surface area (Å²) < 4.78 is 13.8. The summed E-state index contributed by atoms with van der Waals surface area (Å²) in [5.41, 5.74) is 0.712. The molecule has 2 amide bonds. The molecule has 2 aromatic rings. The van der Waals surface area contributed by atoms with Crippen LogP contribution in [-0.4, -0.2) is 6.03 Å². The van der Waals surface area contributed by atoms with Crippen LogP contribution in [0.2, 0.25) is 10.0 Å². The van der Waals surface area contributed by atoms with Crippen LogP contribution >= 0.6 is 23.2 Å². The van der Waals surface area contributed by atoms with E-state index in [9.17, 15) is 9.18 Å². The Kier molecular flexibility index (Phi) is 3.75. The predicted octanol–water partition coefficient (Wildman–Crippen LogP) is 4.40. The summed E-state index contributed by atoms with van der Waals surface area (Å²) in [5.74, 6) is -0.517. The second-order valence-electron chi connectivity index (χ2n) is 5.41. The van der Waals surface area contributed by atoms with E-state index in [-0.39, 0.29) is 17.1 Å². The molecular formula is C16H13Cl2FN2O. The molecule has 6 heteroatoms. The Bertz CT molecular complexity index is 735. The van der Waals surface area contributed by atoms with E-state index in [1.54, 1.807) is 18.2 Å². The third-order valence-corrected chi connectivity index (χ3v) is 4.51. The average molecular weight is 339 g/mol. The van der Waals surface area contributed by atoms with Gasteiger partial charge >= 0.3 is 6.03 Å². The van der Waals surface area contributed by atoms with E-state index >= 15 is 0 Å². The van der Waals surface area contributed by atoms with E-state index < -0.39 is 11.4 Å². The molecule has 3 nitrogen and oxygen atoms in total. The van der Waals surface area contributed by atoms with E-state index in [0.717, 1.165) is 5.56 Å². The van der Waals surface area contributed by atoms with Crippen molar-refractivity contribution in [1.82, 2.24) is 10.6 Å². The minimum absolute atomic E-state index is 0.0488. The topological polar surface area (TPSA) is 41.1 Å². The first-order valence-electron chi connectivity index (χ1n) is 6.70. The summed E-state index contributed by atoms with van der Waals surface area (Å²) in [6.45, 7) is 1.84. The lowest BCUT2D eigenvalue weighted by Gasteiger charge is -2.31. The van der Waals surface area contributed by atoms with Crippen LogP contribution in [0.15, 0.2) is 42.5 Å². The van der Waals surface area contributed by atoms with Crippen LogP contribution in [0.3, 0.4) is 0 Å². The van der Waals surface area contributed by atoms with Gasteiger partial charge in [-0.1, -0.05) is 41.4 Å². The van der Waals surface area contributed by atoms with Gasteiger partial charge in [-0.3, -0.25) is 0 Å². The molecular weight excluding hydrogens is 326 g/mol. The molecule has 22 heavy (non-hydrogen) atoms. The molecule has 0 spiro atoms. The zero-order valence-electron chi connectivity index (χ0n) is 11.7. The van der Waals surface area contributed by atoms with Crippen molar-refractivity contribution in [3.8, 4) is 0 Å². The van der Waals surface area contributed by atoms with Gasteiger partial charge in [-0.15, -0.1) is 0 Å². The van der Waals surface area contributed by atoms with E-state index in [0.29, 0.717) is 10.6 Å². The molecule has 0 aromatic heterocycles. The molecule has 0 bridgehead atoms. The van der Waals surface area contributed by atoms with Crippen LogP contribution in [0, 0.1) is 5.82 Å². The van der Waals surface area contributed by atoms with Gasteiger partial charge in [0.1, 0.15) is 5.82 Å². The number of hydrogen-bond donors (Lipinski definition) is 2. The molecule has 3 rings (SSSR count). The fraction of sp³-hybridized carbons (Fsp3) is 0.188. The van der Waals surface area contributed by atoms with Crippen molar-refractivity contribution in [3.05, 3.63) is 69.5 Å². The number of urea groups is 1. The summed E-state index contributed by atoms with van der Waals surface area (Å²) in [4.78, 5) is 11.9. The molecule has 0 unspecified atom stereocenters. The van der Waals surface area contributed by atoms with Gasteiger partial charge in [0.2, 0.25) is 0 Å². The quantitative estimate of drug-likeness (QED) is 0.836. The van der Waals surface area contributed by atoms with Crippen molar-refractivity contribution >= 4 is 29.2 Å². The number of nitrogens with one attached hydrogen (secondary N) is 2. The predicted molar refractivity (Wildman–Crippen MR) is 84.6 cm³/mol. The Morgan fingerprint density at radius 1 is 1.14 bits per heavy atom. The summed E-state index contributed by atoms with van der Waals surface area (Å²) in [6, 6.07) is 11.1. The highest BCUT2D eigenvalue weighted by molar-refractivity contribution is 6.30. The van der Waals surface area contributed by atoms with Gasteiger partial charge in [-0.25, -0.2) is 9.18 Å². The minimum atomic E-state index is -0.795. The molecule has 1 aliphatic heterocycles. The lowest BCUT2D eigenvalue weighted by atomic mass is 9.82. The first kappa shape index (κ1) is 15.1. The maximum absolute atomic E-state index is 13.8. The second-order valence-corrected chi connectivity index (χ2v) is 6.26. The minimum Gasteiger partial charge on any atom is -0.329 e. The first-order valence-corrected chi connectivity index (χ1v) is 7.45. The number of carbonyl (C=O) groups is 1. The molecule has 114 valence electrons. The van der Waals surface area contributed by atoms with Crippen LogP contribution in [0.25, 0.3) is 0 Å². The molecule has 0 saturated carbocycles. The molecule has 1 heterocycles. The largest absolute Gasteiger partial charge is 0.329 e. The summed E-state index contributed by atoms with van der Waals surface area (Å²) in [6.07, 6.45) is 0. The van der Waals surface area contributed by atoms with Gasteiger partial charge in [0.25, 0.3) is 0 Å². The summed E-state index contributed by atoms with van der Waals surface area (Å²) in [7, 11) is 0. The fourth-order valence-corrected chi connectivity index (χ4v) is 2.99. The standard InChI is InChI=1S/C16H13Cl2FN2O/c1-16(10-4-7-12(18)13(19)8-10)14(20-15(22)21-16)9-2-5-11(17)6-3-9/h2-8,14H,1H3,(H2,20,21,22)/t14-,16-/m0/s1. The van der Waals surface area contributed by atoms with E-state index in [1.165, 1.54) is 12.1 Å². The molecule has 0 radical (unpaired) electrons. The van der Waals surface area contributed by atoms with Crippen LogP contribution < -0.4 is 10.6 Å². The molecule has 1 fully saturated rings. The molecule has 2 N–H and O–H groups in total. The smallest absolute Gasteiger partial charge is 0.316 e. The number of rotatable bonds is 2.